The zero-order chi connectivity index (χ0) is 11.6. The van der Waals surface area contributed by atoms with E-state index >= 15 is 0 Å². The van der Waals surface area contributed by atoms with E-state index in [1.165, 1.54) is 0 Å². The second kappa shape index (κ2) is 4.09. The summed E-state index contributed by atoms with van der Waals surface area (Å²) in [5.74, 6) is -0.120. The topological polar surface area (TPSA) is 106 Å². The highest BCUT2D eigenvalue weighted by Gasteiger charge is 2.37. The van der Waals surface area contributed by atoms with Gasteiger partial charge in [0.05, 0.1) is 5.60 Å². The molecule has 4 N–H and O–H groups in total. The lowest BCUT2D eigenvalue weighted by Crippen LogP contribution is -2.49. The summed E-state index contributed by atoms with van der Waals surface area (Å²) in [5.41, 5.74) is 5.11. The summed E-state index contributed by atoms with van der Waals surface area (Å²) in [5, 5.41) is 8.80. The van der Waals surface area contributed by atoms with E-state index in [0.717, 1.165) is 19.3 Å². The number of H-pyrrole nitrogens is 1. The fourth-order valence-corrected chi connectivity index (χ4v) is 1.73. The third-order valence-corrected chi connectivity index (χ3v) is 2.99. The van der Waals surface area contributed by atoms with E-state index in [1.54, 1.807) is 7.11 Å². The molecule has 7 nitrogen and oxygen atoms in total. The van der Waals surface area contributed by atoms with Crippen molar-refractivity contribution in [2.45, 2.75) is 24.9 Å². The van der Waals surface area contributed by atoms with Crippen LogP contribution in [0.15, 0.2) is 0 Å². The van der Waals surface area contributed by atoms with Crippen LogP contribution >= 0.6 is 0 Å². The Morgan fingerprint density at radius 2 is 2.44 bits per heavy atom. The molecule has 2 rings (SSSR count). The molecule has 1 aliphatic rings. The van der Waals surface area contributed by atoms with Crippen LogP contribution in [-0.2, 0) is 4.74 Å². The molecular formula is C9H15N5O2. The van der Waals surface area contributed by atoms with Gasteiger partial charge in [0.2, 0.25) is 11.8 Å². The Morgan fingerprint density at radius 3 is 2.88 bits per heavy atom. The lowest BCUT2D eigenvalue weighted by molar-refractivity contribution is -0.0679. The van der Waals surface area contributed by atoms with Gasteiger partial charge in [-0.25, -0.2) is 0 Å². The number of carbonyl (C=O) groups excluding carboxylic acids is 1. The zero-order valence-electron chi connectivity index (χ0n) is 9.12. The predicted octanol–water partition coefficient (Wildman–Crippen LogP) is -0.314. The van der Waals surface area contributed by atoms with Gasteiger partial charge in [-0.15, -0.1) is 5.10 Å². The summed E-state index contributed by atoms with van der Waals surface area (Å²) >= 11 is 0. The number of hydrogen-bond donors (Lipinski definition) is 3. The van der Waals surface area contributed by atoms with Crippen LogP contribution in [0.3, 0.4) is 0 Å². The summed E-state index contributed by atoms with van der Waals surface area (Å²) in [6.07, 6.45) is 3.09. The Hall–Kier alpha value is -1.63. The maximum atomic E-state index is 11.6. The summed E-state index contributed by atoms with van der Waals surface area (Å²) in [7, 11) is 1.66. The minimum absolute atomic E-state index is 0.0650. The summed E-state index contributed by atoms with van der Waals surface area (Å²) in [4.78, 5) is 15.3. The van der Waals surface area contributed by atoms with E-state index < -0.39 is 0 Å². The van der Waals surface area contributed by atoms with Gasteiger partial charge in [0.25, 0.3) is 5.91 Å². The molecule has 0 aromatic carbocycles. The summed E-state index contributed by atoms with van der Waals surface area (Å²) < 4.78 is 5.38. The highest BCUT2D eigenvalue weighted by atomic mass is 16.5. The van der Waals surface area contributed by atoms with E-state index in [2.05, 4.69) is 20.5 Å². The predicted molar refractivity (Wildman–Crippen MR) is 56.7 cm³/mol. The normalized spacial score (nSPS) is 17.8. The van der Waals surface area contributed by atoms with Crippen molar-refractivity contribution in [1.29, 1.82) is 0 Å². The Labute approximate surface area is 92.8 Å². The molecule has 1 aromatic heterocycles. The highest BCUT2D eigenvalue weighted by Crippen LogP contribution is 2.34. The molecule has 0 unspecified atom stereocenters. The van der Waals surface area contributed by atoms with Crippen LogP contribution < -0.4 is 11.1 Å². The Kier molecular flexibility index (Phi) is 2.78. The number of nitrogens with two attached hydrogens (primary N) is 1. The number of nitrogen functional groups attached to an aromatic ring is 1. The summed E-state index contributed by atoms with van der Waals surface area (Å²) in [6.45, 7) is 0.489. The van der Waals surface area contributed by atoms with E-state index in [9.17, 15) is 4.79 Å². The summed E-state index contributed by atoms with van der Waals surface area (Å²) in [6, 6.07) is 0. The lowest BCUT2D eigenvalue weighted by Gasteiger charge is -2.40. The van der Waals surface area contributed by atoms with Gasteiger partial charge < -0.3 is 15.8 Å². The van der Waals surface area contributed by atoms with Crippen molar-refractivity contribution in [2.75, 3.05) is 19.4 Å². The Bertz CT molecular complexity index is 379. The van der Waals surface area contributed by atoms with Crippen LogP contribution in [-0.4, -0.2) is 40.3 Å². The molecule has 1 aliphatic carbocycles. The fourth-order valence-electron chi connectivity index (χ4n) is 1.73. The molecule has 16 heavy (non-hydrogen) atoms. The van der Waals surface area contributed by atoms with Gasteiger partial charge in [-0.3, -0.25) is 9.89 Å². The largest absolute Gasteiger partial charge is 0.376 e. The second-order valence-electron chi connectivity index (χ2n) is 3.97. The average molecular weight is 225 g/mol. The van der Waals surface area contributed by atoms with Crippen LogP contribution in [0.1, 0.15) is 29.9 Å². The SMILES string of the molecule is COC1(CNC(=O)c2nc(N)n[nH]2)CCC1. The van der Waals surface area contributed by atoms with Gasteiger partial charge in [-0.05, 0) is 19.3 Å². The zero-order valence-corrected chi connectivity index (χ0v) is 9.12. The van der Waals surface area contributed by atoms with Crippen molar-refractivity contribution in [2.24, 2.45) is 0 Å². The first kappa shape index (κ1) is 10.9. The minimum Gasteiger partial charge on any atom is -0.376 e. The number of nitrogens with zero attached hydrogens (tertiary/aromatic N) is 2. The molecule has 0 bridgehead atoms. The van der Waals surface area contributed by atoms with Crippen molar-refractivity contribution in [1.82, 2.24) is 20.5 Å². The van der Waals surface area contributed by atoms with Crippen LogP contribution in [0.4, 0.5) is 5.95 Å². The van der Waals surface area contributed by atoms with Crippen LogP contribution in [0.25, 0.3) is 0 Å². The maximum absolute atomic E-state index is 11.6. The van der Waals surface area contributed by atoms with Gasteiger partial charge in [0.1, 0.15) is 0 Å². The number of anilines is 1. The third kappa shape index (κ3) is 1.99. The molecule has 1 saturated carbocycles. The van der Waals surface area contributed by atoms with Crippen LogP contribution in [0, 0.1) is 0 Å². The van der Waals surface area contributed by atoms with Crippen molar-refractivity contribution >= 4 is 11.9 Å². The maximum Gasteiger partial charge on any atom is 0.288 e. The first-order valence-corrected chi connectivity index (χ1v) is 5.16. The number of aromatic amines is 1. The molecule has 1 heterocycles. The van der Waals surface area contributed by atoms with Gasteiger partial charge >= 0.3 is 0 Å². The second-order valence-corrected chi connectivity index (χ2v) is 3.97. The molecule has 0 aliphatic heterocycles. The van der Waals surface area contributed by atoms with Gasteiger partial charge in [0.15, 0.2) is 0 Å². The van der Waals surface area contributed by atoms with Crippen molar-refractivity contribution < 1.29 is 9.53 Å². The molecule has 0 atom stereocenters. The highest BCUT2D eigenvalue weighted by molar-refractivity contribution is 5.90. The molecular weight excluding hydrogens is 210 g/mol. The molecule has 0 saturated heterocycles. The number of rotatable bonds is 4. The smallest absolute Gasteiger partial charge is 0.288 e. The van der Waals surface area contributed by atoms with E-state index in [4.69, 9.17) is 10.5 Å². The number of carbonyl (C=O) groups is 1. The number of methoxy groups -OCH3 is 1. The van der Waals surface area contributed by atoms with Crippen molar-refractivity contribution in [3.63, 3.8) is 0 Å². The monoisotopic (exact) mass is 225 g/mol. The Balaban J connectivity index is 1.88. The molecule has 7 heteroatoms. The Morgan fingerprint density at radius 1 is 1.69 bits per heavy atom. The van der Waals surface area contributed by atoms with E-state index in [-0.39, 0.29) is 23.3 Å². The quantitative estimate of drug-likeness (QED) is 0.651. The standard InChI is InChI=1S/C9H15N5O2/c1-16-9(3-2-4-9)5-11-7(15)6-12-8(10)14-13-6/h2-5H2,1H3,(H,11,15)(H3,10,12,13,14). The number of amides is 1. The minimum atomic E-state index is -0.312. The number of nitrogens with one attached hydrogen (secondary N) is 2. The van der Waals surface area contributed by atoms with Crippen LogP contribution in [0.5, 0.6) is 0 Å². The van der Waals surface area contributed by atoms with Crippen molar-refractivity contribution in [3.8, 4) is 0 Å². The van der Waals surface area contributed by atoms with Gasteiger partial charge in [-0.1, -0.05) is 0 Å². The van der Waals surface area contributed by atoms with Crippen LogP contribution in [0.2, 0.25) is 0 Å². The number of hydrogen-bond acceptors (Lipinski definition) is 5. The molecule has 1 fully saturated rings. The van der Waals surface area contributed by atoms with Crippen molar-refractivity contribution in [3.05, 3.63) is 5.82 Å². The number of aromatic nitrogens is 3. The lowest BCUT2D eigenvalue weighted by atomic mass is 9.80. The molecule has 1 aromatic rings. The third-order valence-electron chi connectivity index (χ3n) is 2.99. The van der Waals surface area contributed by atoms with Gasteiger partial charge in [-0.2, -0.15) is 4.98 Å². The first-order chi connectivity index (χ1) is 7.65. The molecule has 1 amide bonds. The fraction of sp³-hybridized carbons (Fsp3) is 0.667. The molecule has 0 spiro atoms. The average Bonchev–Trinajstić information content (AvgIpc) is 2.64. The van der Waals surface area contributed by atoms with E-state index in [0.29, 0.717) is 6.54 Å². The molecule has 88 valence electrons. The molecule has 0 radical (unpaired) electrons. The van der Waals surface area contributed by atoms with Gasteiger partial charge in [0, 0.05) is 13.7 Å². The number of ether oxygens (including phenoxy) is 1. The first-order valence-electron chi connectivity index (χ1n) is 5.16. The van der Waals surface area contributed by atoms with E-state index in [1.807, 2.05) is 0 Å².